The fourth-order valence-corrected chi connectivity index (χ4v) is 3.52. The Morgan fingerprint density at radius 3 is 2.55 bits per heavy atom. The van der Waals surface area contributed by atoms with E-state index in [0.29, 0.717) is 42.0 Å². The highest BCUT2D eigenvalue weighted by atomic mass is 19.1. The number of nitrogens with zero attached hydrogens (tertiary/aromatic N) is 2. The van der Waals surface area contributed by atoms with E-state index in [0.717, 1.165) is 12.0 Å². The number of ether oxygens (including phenoxy) is 1. The molecule has 6 nitrogen and oxygen atoms in total. The van der Waals surface area contributed by atoms with Crippen molar-refractivity contribution < 1.29 is 24.1 Å². The van der Waals surface area contributed by atoms with Crippen LogP contribution in [0.1, 0.15) is 41.3 Å². The summed E-state index contributed by atoms with van der Waals surface area (Å²) in [6.45, 7) is 2.67. The predicted octanol–water partition coefficient (Wildman–Crippen LogP) is 2.76. The van der Waals surface area contributed by atoms with E-state index in [1.807, 2.05) is 13.0 Å². The minimum atomic E-state index is -1.11. The second-order valence-electron chi connectivity index (χ2n) is 7.12. The molecule has 0 spiro atoms. The Bertz CT molecular complexity index is 857. The maximum atomic E-state index is 13.3. The summed E-state index contributed by atoms with van der Waals surface area (Å²) in [6.07, 6.45) is 0.474. The first kappa shape index (κ1) is 21.1. The Labute approximate surface area is 170 Å². The molecule has 1 unspecified atom stereocenters. The average molecular weight is 402 g/mol. The first-order valence-electron chi connectivity index (χ1n) is 9.83. The van der Waals surface area contributed by atoms with Crippen LogP contribution in [0, 0.1) is 5.82 Å². The highest BCUT2D eigenvalue weighted by Crippen LogP contribution is 2.37. The fourth-order valence-electron chi connectivity index (χ4n) is 3.52. The molecule has 1 atom stereocenters. The SMILES string of the molecule is CCCOc1ccc2c(c1Cc1ccc(F)cc1)C(=O)N(CCCO)C(O)N2C. The Morgan fingerprint density at radius 2 is 1.90 bits per heavy atom. The van der Waals surface area contributed by atoms with Gasteiger partial charge in [-0.05, 0) is 42.7 Å². The van der Waals surface area contributed by atoms with Gasteiger partial charge in [0, 0.05) is 32.2 Å². The molecule has 7 heteroatoms. The van der Waals surface area contributed by atoms with Crippen molar-refractivity contribution in [1.82, 2.24) is 4.90 Å². The van der Waals surface area contributed by atoms with Gasteiger partial charge in [0.25, 0.3) is 5.91 Å². The number of amides is 1. The Balaban J connectivity index is 2.09. The number of hydrogen-bond donors (Lipinski definition) is 2. The molecule has 3 rings (SSSR count). The van der Waals surface area contributed by atoms with Crippen LogP contribution in [0.3, 0.4) is 0 Å². The molecule has 2 aromatic rings. The second-order valence-corrected chi connectivity index (χ2v) is 7.12. The Hall–Kier alpha value is -2.64. The zero-order chi connectivity index (χ0) is 21.0. The minimum absolute atomic E-state index is 0.0742. The van der Waals surface area contributed by atoms with Gasteiger partial charge in [0.05, 0.1) is 17.9 Å². The highest BCUT2D eigenvalue weighted by molar-refractivity contribution is 6.04. The Kier molecular flexibility index (Phi) is 6.71. The number of aliphatic hydroxyl groups is 2. The summed E-state index contributed by atoms with van der Waals surface area (Å²) in [5.41, 5.74) is 2.64. The second kappa shape index (κ2) is 9.24. The van der Waals surface area contributed by atoms with Crippen molar-refractivity contribution in [3.05, 3.63) is 58.9 Å². The minimum Gasteiger partial charge on any atom is -0.493 e. The summed E-state index contributed by atoms with van der Waals surface area (Å²) >= 11 is 0. The predicted molar refractivity (Wildman–Crippen MR) is 109 cm³/mol. The van der Waals surface area contributed by atoms with Gasteiger partial charge in [-0.25, -0.2) is 4.39 Å². The van der Waals surface area contributed by atoms with Gasteiger partial charge in [0.2, 0.25) is 6.35 Å². The van der Waals surface area contributed by atoms with Crippen LogP contribution < -0.4 is 9.64 Å². The normalized spacial score (nSPS) is 16.2. The van der Waals surface area contributed by atoms with Crippen molar-refractivity contribution in [2.24, 2.45) is 0 Å². The molecule has 156 valence electrons. The molecule has 0 bridgehead atoms. The van der Waals surface area contributed by atoms with Gasteiger partial charge in [-0.15, -0.1) is 0 Å². The zero-order valence-corrected chi connectivity index (χ0v) is 16.8. The van der Waals surface area contributed by atoms with E-state index in [1.54, 1.807) is 30.1 Å². The lowest BCUT2D eigenvalue weighted by atomic mass is 9.94. The summed E-state index contributed by atoms with van der Waals surface area (Å²) in [7, 11) is 1.72. The first-order chi connectivity index (χ1) is 14.0. The third-order valence-corrected chi connectivity index (χ3v) is 5.04. The van der Waals surface area contributed by atoms with Crippen LogP contribution in [0.5, 0.6) is 5.75 Å². The molecule has 0 aromatic heterocycles. The van der Waals surface area contributed by atoms with Gasteiger partial charge >= 0.3 is 0 Å². The number of benzene rings is 2. The molecule has 29 heavy (non-hydrogen) atoms. The van der Waals surface area contributed by atoms with E-state index < -0.39 is 6.35 Å². The van der Waals surface area contributed by atoms with Crippen LogP contribution in [0.15, 0.2) is 36.4 Å². The van der Waals surface area contributed by atoms with Crippen LogP contribution in [0.25, 0.3) is 0 Å². The van der Waals surface area contributed by atoms with Crippen LogP contribution in [-0.2, 0) is 6.42 Å². The van der Waals surface area contributed by atoms with E-state index in [9.17, 15) is 14.3 Å². The topological polar surface area (TPSA) is 73.2 Å². The van der Waals surface area contributed by atoms with Gasteiger partial charge in [-0.2, -0.15) is 0 Å². The number of anilines is 1. The maximum absolute atomic E-state index is 13.3. The monoisotopic (exact) mass is 402 g/mol. The molecule has 0 saturated heterocycles. The van der Waals surface area contributed by atoms with Crippen LogP contribution >= 0.6 is 0 Å². The quantitative estimate of drug-likeness (QED) is 0.710. The number of carbonyl (C=O) groups is 1. The van der Waals surface area contributed by atoms with E-state index in [1.165, 1.54) is 17.0 Å². The summed E-state index contributed by atoms with van der Waals surface area (Å²) in [5, 5.41) is 19.7. The number of aliphatic hydroxyl groups excluding tert-OH is 2. The lowest BCUT2D eigenvalue weighted by molar-refractivity contribution is 0.00219. The molecule has 0 radical (unpaired) electrons. The molecule has 1 aliphatic heterocycles. The van der Waals surface area contributed by atoms with Crippen LogP contribution in [-0.4, -0.2) is 54.2 Å². The third kappa shape index (κ3) is 4.36. The van der Waals surface area contributed by atoms with Crippen molar-refractivity contribution in [1.29, 1.82) is 0 Å². The van der Waals surface area contributed by atoms with Crippen molar-refractivity contribution >= 4 is 11.6 Å². The fraction of sp³-hybridized carbons (Fsp3) is 0.409. The van der Waals surface area contributed by atoms with Crippen molar-refractivity contribution in [3.8, 4) is 5.75 Å². The molecular weight excluding hydrogens is 375 g/mol. The maximum Gasteiger partial charge on any atom is 0.259 e. The highest BCUT2D eigenvalue weighted by Gasteiger charge is 2.37. The van der Waals surface area contributed by atoms with E-state index in [4.69, 9.17) is 9.84 Å². The Morgan fingerprint density at radius 1 is 1.17 bits per heavy atom. The van der Waals surface area contributed by atoms with Gasteiger partial charge in [0.15, 0.2) is 0 Å². The molecule has 0 fully saturated rings. The molecule has 1 aliphatic rings. The molecule has 0 aliphatic carbocycles. The van der Waals surface area contributed by atoms with Crippen LogP contribution in [0.2, 0.25) is 0 Å². The van der Waals surface area contributed by atoms with E-state index in [2.05, 4.69) is 0 Å². The zero-order valence-electron chi connectivity index (χ0n) is 16.8. The summed E-state index contributed by atoms with van der Waals surface area (Å²) in [5.74, 6) is -0.0197. The molecular formula is C22H27FN2O4. The number of halogens is 1. The molecule has 0 saturated carbocycles. The number of fused-ring (bicyclic) bond motifs is 1. The largest absolute Gasteiger partial charge is 0.493 e. The standard InChI is InChI=1S/C22H27FN2O4/c1-3-13-29-19-10-9-18-20(17(19)14-15-5-7-16(23)8-6-15)21(27)25(11-4-12-26)22(28)24(18)2/h5-10,22,26,28H,3-4,11-14H2,1-2H3. The van der Waals surface area contributed by atoms with Crippen molar-refractivity contribution in [3.63, 3.8) is 0 Å². The molecule has 2 N–H and O–H groups in total. The van der Waals surface area contributed by atoms with Crippen LogP contribution in [0.4, 0.5) is 10.1 Å². The first-order valence-corrected chi connectivity index (χ1v) is 9.83. The van der Waals surface area contributed by atoms with Gasteiger partial charge in [-0.1, -0.05) is 19.1 Å². The smallest absolute Gasteiger partial charge is 0.259 e. The summed E-state index contributed by atoms with van der Waals surface area (Å²) in [6, 6.07) is 9.75. The summed E-state index contributed by atoms with van der Waals surface area (Å²) < 4.78 is 19.2. The van der Waals surface area contributed by atoms with E-state index >= 15 is 0 Å². The van der Waals surface area contributed by atoms with Gasteiger partial charge in [0.1, 0.15) is 11.6 Å². The third-order valence-electron chi connectivity index (χ3n) is 5.04. The van der Waals surface area contributed by atoms with Gasteiger partial charge in [-0.3, -0.25) is 9.69 Å². The van der Waals surface area contributed by atoms with Crippen molar-refractivity contribution in [2.45, 2.75) is 32.5 Å². The molecule has 1 heterocycles. The van der Waals surface area contributed by atoms with Crippen molar-refractivity contribution in [2.75, 3.05) is 31.7 Å². The lowest BCUT2D eigenvalue weighted by Gasteiger charge is -2.41. The van der Waals surface area contributed by atoms with Gasteiger partial charge < -0.3 is 19.8 Å². The molecule has 2 aromatic carbocycles. The van der Waals surface area contributed by atoms with E-state index in [-0.39, 0.29) is 24.9 Å². The summed E-state index contributed by atoms with van der Waals surface area (Å²) in [4.78, 5) is 16.3. The number of carbonyl (C=O) groups excluding carboxylic acids is 1. The number of rotatable bonds is 8. The average Bonchev–Trinajstić information content (AvgIpc) is 2.72. The molecule has 1 amide bonds. The number of hydrogen-bond acceptors (Lipinski definition) is 5. The lowest BCUT2D eigenvalue weighted by Crippen LogP contribution is -2.54.